The highest BCUT2D eigenvalue weighted by Gasteiger charge is 2.47. The lowest BCUT2D eigenvalue weighted by atomic mass is 10.0. The molecule has 2 saturated heterocycles. The highest BCUT2D eigenvalue weighted by atomic mass is 35.5. The van der Waals surface area contributed by atoms with Crippen molar-refractivity contribution in [3.8, 4) is 5.75 Å². The maximum atomic E-state index is 12.9. The fourth-order valence-corrected chi connectivity index (χ4v) is 9.94. The third kappa shape index (κ3) is 9.75. The van der Waals surface area contributed by atoms with E-state index in [1.54, 1.807) is 24.3 Å². The third-order valence-corrected chi connectivity index (χ3v) is 13.5. The predicted molar refractivity (Wildman–Crippen MR) is 197 cm³/mol. The predicted octanol–water partition coefficient (Wildman–Crippen LogP) is -2.99. The van der Waals surface area contributed by atoms with Gasteiger partial charge in [-0.2, -0.15) is 4.98 Å². The first-order valence-corrected chi connectivity index (χ1v) is 22.1. The van der Waals surface area contributed by atoms with Gasteiger partial charge in [0.05, 0.1) is 26.1 Å². The number of hydrogen-bond acceptors (Lipinski definition) is 24. The van der Waals surface area contributed by atoms with Gasteiger partial charge in [-0.25, -0.2) is 18.6 Å². The average Bonchev–Trinajstić information content (AvgIpc) is 3.89. The largest absolute Gasteiger partial charge is 0.756 e. The van der Waals surface area contributed by atoms with Gasteiger partial charge in [-0.05, 0) is 24.3 Å². The summed E-state index contributed by atoms with van der Waals surface area (Å²) in [5, 5.41) is 43.1. The van der Waals surface area contributed by atoms with E-state index in [1.165, 1.54) is 10.8 Å². The van der Waals surface area contributed by atoms with Crippen LogP contribution in [0.4, 0.5) is 11.9 Å². The van der Waals surface area contributed by atoms with Crippen molar-refractivity contribution in [2.75, 3.05) is 31.3 Å². The van der Waals surface area contributed by atoms with E-state index in [2.05, 4.69) is 42.6 Å². The van der Waals surface area contributed by atoms with Crippen LogP contribution in [0.2, 0.25) is 5.02 Å². The maximum Gasteiger partial charge on any atom is 0.280 e. The molecule has 5 aromatic rings. The number of ether oxygens (including phenoxy) is 3. The molecule has 0 bridgehead atoms. The van der Waals surface area contributed by atoms with Crippen molar-refractivity contribution >= 4 is 69.2 Å². The van der Waals surface area contributed by atoms with Crippen LogP contribution in [0.5, 0.6) is 5.75 Å². The van der Waals surface area contributed by atoms with Gasteiger partial charge in [0.15, 0.2) is 17.4 Å². The summed E-state index contributed by atoms with van der Waals surface area (Å²) in [6, 6.07) is 6.44. The Morgan fingerprint density at radius 2 is 1.39 bits per heavy atom. The molecule has 2 aliphatic heterocycles. The molecule has 7 rings (SSSR count). The molecule has 0 saturated carbocycles. The number of hydrogen-bond donors (Lipinski definition) is 8. The Balaban J connectivity index is 0.952. The first kappa shape index (κ1) is 44.9. The number of halogens is 1. The van der Waals surface area contributed by atoms with Gasteiger partial charge in [-0.1, -0.05) is 11.6 Å². The summed E-state index contributed by atoms with van der Waals surface area (Å²) in [7, 11) is -18.6. The molecule has 0 amide bonds. The van der Waals surface area contributed by atoms with Crippen LogP contribution in [0.3, 0.4) is 0 Å². The van der Waals surface area contributed by atoms with Crippen LogP contribution in [0.25, 0.3) is 22.2 Å². The van der Waals surface area contributed by atoms with Crippen molar-refractivity contribution in [1.29, 1.82) is 0 Å². The molecule has 0 radical (unpaired) electrons. The van der Waals surface area contributed by atoms with Crippen LogP contribution in [-0.2, 0) is 47.4 Å². The molecule has 4 aromatic heterocycles. The van der Waals surface area contributed by atoms with Gasteiger partial charge in [-0.15, -0.1) is 0 Å². The number of phosphoric ester groups is 2. The van der Waals surface area contributed by atoms with E-state index in [4.69, 9.17) is 37.3 Å². The van der Waals surface area contributed by atoms with E-state index in [0.29, 0.717) is 10.8 Å². The molecule has 11 atom stereocenters. The third-order valence-electron chi connectivity index (χ3n) is 9.11. The highest BCUT2D eigenvalue weighted by molar-refractivity contribution is 7.65. The number of rotatable bonds is 16. The van der Waals surface area contributed by atoms with E-state index in [-0.39, 0.29) is 52.8 Å². The minimum atomic E-state index is -6.42. The summed E-state index contributed by atoms with van der Waals surface area (Å²) in [5.74, 6) is -0.185. The Kier molecular flexibility index (Phi) is 12.7. The highest BCUT2D eigenvalue weighted by Crippen LogP contribution is 2.63. The minimum absolute atomic E-state index is 0.0214. The Bertz CT molecular complexity index is 2700. The van der Waals surface area contributed by atoms with Gasteiger partial charge in [0.2, 0.25) is 11.9 Å². The van der Waals surface area contributed by atoms with Crippen LogP contribution in [0.1, 0.15) is 17.9 Å². The minimum Gasteiger partial charge on any atom is -0.756 e. The molecule has 61 heavy (non-hydrogen) atoms. The lowest BCUT2D eigenvalue weighted by molar-refractivity contribution is -0.252. The van der Waals surface area contributed by atoms with Crippen molar-refractivity contribution in [2.45, 2.75) is 55.5 Å². The molecular weight excluding hydrogens is 907 g/mol. The van der Waals surface area contributed by atoms with Crippen molar-refractivity contribution in [3.05, 3.63) is 68.1 Å². The van der Waals surface area contributed by atoms with Crippen molar-refractivity contribution in [2.24, 2.45) is 0 Å². The van der Waals surface area contributed by atoms with Crippen molar-refractivity contribution in [1.82, 2.24) is 34.1 Å². The summed E-state index contributed by atoms with van der Waals surface area (Å²) >= 11 is 5.90. The average molecular weight is 939 g/mol. The van der Waals surface area contributed by atoms with E-state index < -0.39 is 96.8 Å². The number of anilines is 2. The zero-order valence-corrected chi connectivity index (χ0v) is 33.9. The standard InChI is InChI=1S/C29H35ClN9O19P3/c30-11-1-3-12(4-2-11)52-6-5-38-7-13(16-18(38)26(45)37-28(31)34-16)23-21(42)19(40)14(55-23)8-53-59(46,47)57-61(50,51)58-60(48,49)54-9-15-20(41)22(43)27(56-15)39-10-33-17-24(39)35-29(32)36-25(17)44/h1-4,7,10,14-15,19-23,27,40-43H,5-6,8-9H2,(H,46,47)(H,48,49)(H,50,51)(H3,31,34,37,45)(H3,32,35,36,44)/p-3/t14-,15-,19-,20-,21-,22-,23+,27-/m1/s1. The molecule has 2 fully saturated rings. The van der Waals surface area contributed by atoms with Crippen LogP contribution in [-0.4, -0.2) is 111 Å². The van der Waals surface area contributed by atoms with Crippen LogP contribution in [0.15, 0.2) is 46.4 Å². The number of nitrogens with one attached hydrogen (secondary N) is 2. The molecule has 28 nitrogen and oxygen atoms in total. The van der Waals surface area contributed by atoms with E-state index in [9.17, 15) is 58.4 Å². The number of nitrogen functional groups attached to an aromatic ring is 2. The summed E-state index contributed by atoms with van der Waals surface area (Å²) in [6.45, 7) is -2.36. The molecule has 6 heterocycles. The second-order valence-corrected chi connectivity index (χ2v) is 18.2. The van der Waals surface area contributed by atoms with E-state index in [0.717, 1.165) is 10.9 Å². The van der Waals surface area contributed by atoms with Crippen LogP contribution in [0, 0.1) is 0 Å². The Labute approximate surface area is 344 Å². The number of nitrogens with zero attached hydrogens (tertiary/aromatic N) is 5. The van der Waals surface area contributed by atoms with Crippen molar-refractivity contribution < 1.29 is 80.7 Å². The number of imidazole rings is 1. The smallest absolute Gasteiger partial charge is 0.280 e. The molecule has 2 aliphatic rings. The maximum absolute atomic E-state index is 12.9. The quantitative estimate of drug-likeness (QED) is 0.0457. The summed E-state index contributed by atoms with van der Waals surface area (Å²) in [6.07, 6.45) is -11.5. The SMILES string of the molecule is Nc1nc2c(ncn2[C@@H]2O[C@H](COP(=O)([O-])OP(=O)([O-])OP(=O)([O-])OC[C@H]3O[C@@H](c4cn(CCOc5ccc(Cl)cc5)c5c(=O)[nH]c(N)nc45)[C@H](O)[C@@H]3O)[C@@H](O)[C@H]2O)c(=O)[nH]1. The van der Waals surface area contributed by atoms with Gasteiger partial charge >= 0.3 is 0 Å². The number of phosphoric acid groups is 3. The number of benzene rings is 1. The normalized spacial score (nSPS) is 27.3. The van der Waals surface area contributed by atoms with Crippen molar-refractivity contribution in [3.63, 3.8) is 0 Å². The zero-order chi connectivity index (χ0) is 44.2. The summed E-state index contributed by atoms with van der Waals surface area (Å²) in [4.78, 5) is 78.7. The lowest BCUT2D eigenvalue weighted by Crippen LogP contribution is -2.34. The number of H-pyrrole nitrogens is 2. The van der Waals surface area contributed by atoms with E-state index >= 15 is 0 Å². The topological polar surface area (TPSA) is 432 Å². The van der Waals surface area contributed by atoms with Gasteiger partial charge in [0.25, 0.3) is 34.6 Å². The number of nitrogens with two attached hydrogens (primary N) is 2. The van der Waals surface area contributed by atoms with Gasteiger partial charge in [0.1, 0.15) is 66.1 Å². The van der Waals surface area contributed by atoms with Crippen LogP contribution < -0.4 is 42.0 Å². The Hall–Kier alpha value is -4.15. The first-order chi connectivity index (χ1) is 28.6. The number of aromatic amines is 2. The number of aromatic nitrogens is 7. The van der Waals surface area contributed by atoms with E-state index in [1.807, 2.05) is 0 Å². The van der Waals surface area contributed by atoms with Gasteiger partial charge in [0, 0.05) is 16.8 Å². The molecule has 3 unspecified atom stereocenters. The molecule has 0 aliphatic carbocycles. The second-order valence-electron chi connectivity index (χ2n) is 13.2. The molecule has 32 heteroatoms. The molecule has 332 valence electrons. The van der Waals surface area contributed by atoms with Gasteiger partial charge in [-0.3, -0.25) is 37.8 Å². The Morgan fingerprint density at radius 3 is 2.05 bits per heavy atom. The Morgan fingerprint density at radius 1 is 0.803 bits per heavy atom. The number of aliphatic hydroxyl groups is 4. The fourth-order valence-electron chi connectivity index (χ4n) is 6.43. The summed E-state index contributed by atoms with van der Waals surface area (Å²) in [5.41, 5.74) is 9.38. The molecule has 1 aromatic carbocycles. The number of aliphatic hydroxyl groups excluding tert-OH is 4. The first-order valence-electron chi connectivity index (χ1n) is 17.3. The summed E-state index contributed by atoms with van der Waals surface area (Å²) < 4.78 is 73.1. The molecule has 10 N–H and O–H groups in total. The van der Waals surface area contributed by atoms with Gasteiger partial charge < -0.3 is 74.4 Å². The monoisotopic (exact) mass is 938 g/mol. The second kappa shape index (κ2) is 17.2. The number of fused-ring (bicyclic) bond motifs is 2. The zero-order valence-electron chi connectivity index (χ0n) is 30.4. The van der Waals surface area contributed by atoms with Crippen LogP contribution >= 0.6 is 35.1 Å². The fraction of sp³-hybridized carbons (Fsp3) is 0.414. The molecular formula is C29H32ClN9O19P3-3. The lowest BCUT2D eigenvalue weighted by Gasteiger charge is -2.34. The molecule has 0 spiro atoms.